The molecule has 0 saturated heterocycles. The summed E-state index contributed by atoms with van der Waals surface area (Å²) in [6.45, 7) is 3.03. The molecule has 1 aliphatic heterocycles. The quantitative estimate of drug-likeness (QED) is 0.849. The van der Waals surface area contributed by atoms with E-state index >= 15 is 0 Å². The van der Waals surface area contributed by atoms with Crippen LogP contribution < -0.4 is 5.32 Å². The highest BCUT2D eigenvalue weighted by Crippen LogP contribution is 2.32. The fourth-order valence-electron chi connectivity index (χ4n) is 4.12. The lowest BCUT2D eigenvalue weighted by Gasteiger charge is -2.36. The van der Waals surface area contributed by atoms with Gasteiger partial charge in [-0.05, 0) is 55.2 Å². The van der Waals surface area contributed by atoms with Crippen LogP contribution in [0.5, 0.6) is 0 Å². The van der Waals surface area contributed by atoms with Gasteiger partial charge in [0, 0.05) is 37.0 Å². The summed E-state index contributed by atoms with van der Waals surface area (Å²) in [5.74, 6) is 0.294. The zero-order valence-corrected chi connectivity index (χ0v) is 15.0. The van der Waals surface area contributed by atoms with E-state index in [4.69, 9.17) is 11.6 Å². The van der Waals surface area contributed by atoms with Crippen molar-refractivity contribution in [1.29, 1.82) is 0 Å². The summed E-state index contributed by atoms with van der Waals surface area (Å²) in [6, 6.07) is 7.61. The number of alkyl halides is 1. The average molecular weight is 347 g/mol. The maximum Gasteiger partial charge on any atom is 0.223 e. The summed E-state index contributed by atoms with van der Waals surface area (Å²) in [6.07, 6.45) is 8.14. The minimum atomic E-state index is 0.129. The molecule has 4 rings (SSSR count). The van der Waals surface area contributed by atoms with Crippen molar-refractivity contribution in [1.82, 2.24) is 10.2 Å². The van der Waals surface area contributed by atoms with Gasteiger partial charge in [0.2, 0.25) is 5.91 Å². The molecule has 0 unspecified atom stereocenters. The van der Waals surface area contributed by atoms with E-state index in [1.54, 1.807) is 0 Å². The van der Waals surface area contributed by atoms with Gasteiger partial charge in [0.05, 0.1) is 0 Å². The Morgan fingerprint density at radius 3 is 2.58 bits per heavy atom. The molecule has 130 valence electrons. The molecule has 1 aromatic rings. The smallest absolute Gasteiger partial charge is 0.223 e. The zero-order valence-electron chi connectivity index (χ0n) is 14.3. The molecule has 2 fully saturated rings. The molecule has 0 aromatic heterocycles. The number of carbonyl (C=O) groups excluding carboxylic acids is 1. The second kappa shape index (κ2) is 7.05. The van der Waals surface area contributed by atoms with Crippen molar-refractivity contribution in [2.75, 3.05) is 13.1 Å². The summed E-state index contributed by atoms with van der Waals surface area (Å²) in [5, 5.41) is 3.28. The second-order valence-electron chi connectivity index (χ2n) is 7.71. The van der Waals surface area contributed by atoms with Gasteiger partial charge in [-0.15, -0.1) is 11.6 Å². The Labute approximate surface area is 149 Å². The number of nitrogens with zero attached hydrogens (tertiary/aromatic N) is 1. The Balaban J connectivity index is 1.34. The van der Waals surface area contributed by atoms with E-state index in [9.17, 15) is 4.79 Å². The summed E-state index contributed by atoms with van der Waals surface area (Å²) in [4.78, 5) is 14.8. The average Bonchev–Trinajstić information content (AvgIpc) is 2.70. The lowest BCUT2D eigenvalue weighted by Crippen LogP contribution is -2.41. The maximum absolute atomic E-state index is 12.1. The maximum atomic E-state index is 12.1. The van der Waals surface area contributed by atoms with Gasteiger partial charge in [-0.1, -0.05) is 24.6 Å². The van der Waals surface area contributed by atoms with Crippen LogP contribution in [0.4, 0.5) is 0 Å². The largest absolute Gasteiger partial charge is 0.352 e. The lowest BCUT2D eigenvalue weighted by molar-refractivity contribution is -0.127. The molecule has 0 atom stereocenters. The number of hydrogen-bond acceptors (Lipinski definition) is 2. The first-order chi connectivity index (χ1) is 11.7. The number of amides is 1. The van der Waals surface area contributed by atoms with E-state index in [1.807, 2.05) is 0 Å². The van der Waals surface area contributed by atoms with Gasteiger partial charge >= 0.3 is 0 Å². The normalized spacial score (nSPS) is 27.5. The molecule has 1 aromatic carbocycles. The Kier molecular flexibility index (Phi) is 4.82. The fraction of sp³-hybridized carbons (Fsp3) is 0.650. The molecule has 2 aliphatic carbocycles. The van der Waals surface area contributed by atoms with Crippen LogP contribution in [-0.4, -0.2) is 35.3 Å². The van der Waals surface area contributed by atoms with Gasteiger partial charge < -0.3 is 5.32 Å². The van der Waals surface area contributed by atoms with Crippen molar-refractivity contribution in [2.24, 2.45) is 5.92 Å². The third-order valence-electron chi connectivity index (χ3n) is 6.12. The molecule has 1 heterocycles. The first-order valence-corrected chi connectivity index (χ1v) is 9.89. The third kappa shape index (κ3) is 3.48. The van der Waals surface area contributed by atoms with Crippen molar-refractivity contribution < 1.29 is 4.79 Å². The number of nitrogens with one attached hydrogen (secondary N) is 1. The molecule has 0 spiro atoms. The van der Waals surface area contributed by atoms with E-state index in [-0.39, 0.29) is 17.2 Å². The highest BCUT2D eigenvalue weighted by molar-refractivity contribution is 6.21. The van der Waals surface area contributed by atoms with Gasteiger partial charge in [0.1, 0.15) is 0 Å². The van der Waals surface area contributed by atoms with Crippen LogP contribution in [0.3, 0.4) is 0 Å². The SMILES string of the molecule is O=C(NCc1ccc2c(c1)CCN(C1CCC1)CC2)C1CC(Cl)C1. The molecule has 3 nitrogen and oxygen atoms in total. The first kappa shape index (κ1) is 16.4. The van der Waals surface area contributed by atoms with Crippen molar-refractivity contribution >= 4 is 17.5 Å². The van der Waals surface area contributed by atoms with Crippen molar-refractivity contribution in [3.8, 4) is 0 Å². The van der Waals surface area contributed by atoms with Gasteiger partial charge in [0.25, 0.3) is 0 Å². The molecule has 0 radical (unpaired) electrons. The monoisotopic (exact) mass is 346 g/mol. The van der Waals surface area contributed by atoms with E-state index < -0.39 is 0 Å². The molecular weight excluding hydrogens is 320 g/mol. The van der Waals surface area contributed by atoms with Crippen LogP contribution in [0.1, 0.15) is 48.8 Å². The molecule has 4 heteroatoms. The Hall–Kier alpha value is -1.06. The summed E-state index contributed by atoms with van der Waals surface area (Å²) in [7, 11) is 0. The number of rotatable bonds is 4. The molecule has 24 heavy (non-hydrogen) atoms. The Morgan fingerprint density at radius 2 is 1.92 bits per heavy atom. The van der Waals surface area contributed by atoms with Crippen molar-refractivity contribution in [2.45, 2.75) is 62.9 Å². The number of halogens is 1. The van der Waals surface area contributed by atoms with Crippen LogP contribution in [0.2, 0.25) is 0 Å². The van der Waals surface area contributed by atoms with Gasteiger partial charge in [-0.25, -0.2) is 0 Å². The Bertz CT molecular complexity index is 608. The standard InChI is InChI=1S/C20H27ClN2O/c21-18-11-17(12-18)20(24)22-13-14-4-5-15-6-8-23(19-2-1-3-19)9-7-16(15)10-14/h4-5,10,17-19H,1-3,6-9,11-13H2,(H,22,24). The van der Waals surface area contributed by atoms with Crippen molar-refractivity contribution in [3.05, 3.63) is 34.9 Å². The molecule has 1 N–H and O–H groups in total. The predicted octanol–water partition coefficient (Wildman–Crippen LogP) is 3.27. The number of carbonyl (C=O) groups is 1. The Morgan fingerprint density at radius 1 is 1.17 bits per heavy atom. The topological polar surface area (TPSA) is 32.3 Å². The van der Waals surface area contributed by atoms with Crippen LogP contribution in [0.15, 0.2) is 18.2 Å². The van der Waals surface area contributed by atoms with Gasteiger partial charge in [-0.2, -0.15) is 0 Å². The van der Waals surface area contributed by atoms with Gasteiger partial charge in [0.15, 0.2) is 0 Å². The van der Waals surface area contributed by atoms with Crippen molar-refractivity contribution in [3.63, 3.8) is 0 Å². The third-order valence-corrected chi connectivity index (χ3v) is 6.47. The summed E-state index contributed by atoms with van der Waals surface area (Å²) in [5.41, 5.74) is 4.20. The van der Waals surface area contributed by atoms with Crippen LogP contribution in [0, 0.1) is 5.92 Å². The highest BCUT2D eigenvalue weighted by atomic mass is 35.5. The number of benzene rings is 1. The molecule has 3 aliphatic rings. The first-order valence-electron chi connectivity index (χ1n) is 9.45. The van der Waals surface area contributed by atoms with E-state index in [1.165, 1.54) is 49.0 Å². The minimum absolute atomic E-state index is 0.129. The van der Waals surface area contributed by atoms with E-state index in [0.717, 1.165) is 31.7 Å². The predicted molar refractivity (Wildman–Crippen MR) is 97.3 cm³/mol. The molecule has 0 bridgehead atoms. The van der Waals surface area contributed by atoms with Gasteiger partial charge in [-0.3, -0.25) is 9.69 Å². The molecular formula is C20H27ClN2O. The van der Waals surface area contributed by atoms with Crippen LogP contribution >= 0.6 is 11.6 Å². The minimum Gasteiger partial charge on any atom is -0.352 e. The van der Waals surface area contributed by atoms with E-state index in [2.05, 4.69) is 28.4 Å². The summed E-state index contributed by atoms with van der Waals surface area (Å²) < 4.78 is 0. The fourth-order valence-corrected chi connectivity index (χ4v) is 4.55. The highest BCUT2D eigenvalue weighted by Gasteiger charge is 2.32. The summed E-state index contributed by atoms with van der Waals surface area (Å²) >= 11 is 5.96. The lowest BCUT2D eigenvalue weighted by atomic mass is 9.84. The molecule has 1 amide bonds. The zero-order chi connectivity index (χ0) is 16.5. The number of hydrogen-bond donors (Lipinski definition) is 1. The van der Waals surface area contributed by atoms with E-state index in [0.29, 0.717) is 6.54 Å². The van der Waals surface area contributed by atoms with Crippen LogP contribution in [-0.2, 0) is 24.2 Å². The van der Waals surface area contributed by atoms with Crippen LogP contribution in [0.25, 0.3) is 0 Å². The second-order valence-corrected chi connectivity index (χ2v) is 8.32. The number of fused-ring (bicyclic) bond motifs is 1. The molecule has 2 saturated carbocycles.